The third-order valence-electron chi connectivity index (χ3n) is 3.72. The Morgan fingerprint density at radius 2 is 2.29 bits per heavy atom. The van der Waals surface area contributed by atoms with Crippen LogP contribution in [0.5, 0.6) is 0 Å². The molecule has 6 nitrogen and oxygen atoms in total. The molecule has 0 unspecified atom stereocenters. The molecule has 0 radical (unpaired) electrons. The van der Waals surface area contributed by atoms with Crippen molar-refractivity contribution in [1.82, 2.24) is 10.7 Å². The Hall–Kier alpha value is -2.52. The standard InChI is InChI=1S/C15H17N5O/c1-9-2-3-10(15(21)19-12-4-5-12)6-13(9)20-14(17)11(7-16)8-18-20/h2-3,6,12,18H,4-5,8,17H2,1H3,(H,19,21). The van der Waals surface area contributed by atoms with Crippen LogP contribution in [0, 0.1) is 18.3 Å². The Labute approximate surface area is 123 Å². The summed E-state index contributed by atoms with van der Waals surface area (Å²) in [6, 6.07) is 7.88. The smallest absolute Gasteiger partial charge is 0.251 e. The van der Waals surface area contributed by atoms with Crippen molar-refractivity contribution in [2.45, 2.75) is 25.8 Å². The predicted molar refractivity (Wildman–Crippen MR) is 79.0 cm³/mol. The summed E-state index contributed by atoms with van der Waals surface area (Å²) >= 11 is 0. The zero-order valence-corrected chi connectivity index (χ0v) is 11.8. The van der Waals surface area contributed by atoms with Crippen LogP contribution >= 0.6 is 0 Å². The third-order valence-corrected chi connectivity index (χ3v) is 3.72. The minimum Gasteiger partial charge on any atom is -0.383 e. The Morgan fingerprint density at radius 3 is 2.90 bits per heavy atom. The van der Waals surface area contributed by atoms with Crippen LogP contribution < -0.4 is 21.5 Å². The van der Waals surface area contributed by atoms with Gasteiger partial charge in [0, 0.05) is 11.6 Å². The molecule has 0 aromatic heterocycles. The summed E-state index contributed by atoms with van der Waals surface area (Å²) < 4.78 is 0. The first-order valence-electron chi connectivity index (χ1n) is 6.94. The van der Waals surface area contributed by atoms with Gasteiger partial charge in [0.2, 0.25) is 0 Å². The van der Waals surface area contributed by atoms with Crippen molar-refractivity contribution in [1.29, 1.82) is 5.26 Å². The van der Waals surface area contributed by atoms with Gasteiger partial charge < -0.3 is 11.1 Å². The van der Waals surface area contributed by atoms with E-state index >= 15 is 0 Å². The van der Waals surface area contributed by atoms with Gasteiger partial charge in [-0.25, -0.2) is 5.43 Å². The lowest BCUT2D eigenvalue weighted by molar-refractivity contribution is 0.0951. The van der Waals surface area contributed by atoms with Crippen LogP contribution in [0.4, 0.5) is 5.69 Å². The molecular formula is C15H17N5O. The van der Waals surface area contributed by atoms with Crippen molar-refractivity contribution in [3.05, 3.63) is 40.7 Å². The molecule has 1 heterocycles. The maximum absolute atomic E-state index is 12.1. The highest BCUT2D eigenvalue weighted by Crippen LogP contribution is 2.26. The van der Waals surface area contributed by atoms with Crippen molar-refractivity contribution in [2.75, 3.05) is 11.6 Å². The van der Waals surface area contributed by atoms with E-state index in [4.69, 9.17) is 11.0 Å². The minimum atomic E-state index is -0.0685. The average Bonchev–Trinajstić information content (AvgIpc) is 3.21. The maximum Gasteiger partial charge on any atom is 0.251 e. The number of nitrogens with two attached hydrogens (primary N) is 1. The number of nitrogens with one attached hydrogen (secondary N) is 2. The number of carbonyl (C=O) groups is 1. The van der Waals surface area contributed by atoms with Crippen LogP contribution in [-0.4, -0.2) is 18.5 Å². The van der Waals surface area contributed by atoms with Crippen molar-refractivity contribution < 1.29 is 4.79 Å². The Morgan fingerprint density at radius 1 is 1.52 bits per heavy atom. The molecule has 1 aliphatic carbocycles. The number of benzene rings is 1. The van der Waals surface area contributed by atoms with Crippen LogP contribution in [0.15, 0.2) is 29.6 Å². The largest absolute Gasteiger partial charge is 0.383 e. The molecule has 1 fully saturated rings. The Bertz CT molecular complexity index is 669. The van der Waals surface area contributed by atoms with Crippen LogP contribution in [0.25, 0.3) is 0 Å². The van der Waals surface area contributed by atoms with E-state index in [9.17, 15) is 4.79 Å². The lowest BCUT2D eigenvalue weighted by Gasteiger charge is -2.22. The summed E-state index contributed by atoms with van der Waals surface area (Å²) in [6.07, 6.45) is 2.11. The van der Waals surface area contributed by atoms with E-state index in [-0.39, 0.29) is 5.91 Å². The van der Waals surface area contributed by atoms with Crippen molar-refractivity contribution >= 4 is 11.6 Å². The first kappa shape index (κ1) is 13.5. The topological polar surface area (TPSA) is 94.2 Å². The first-order valence-corrected chi connectivity index (χ1v) is 6.94. The zero-order chi connectivity index (χ0) is 15.0. The van der Waals surface area contributed by atoms with E-state index in [0.29, 0.717) is 29.5 Å². The Balaban J connectivity index is 1.90. The molecule has 4 N–H and O–H groups in total. The first-order chi connectivity index (χ1) is 10.1. The van der Waals surface area contributed by atoms with E-state index in [1.807, 2.05) is 13.0 Å². The number of amides is 1. The second-order valence-electron chi connectivity index (χ2n) is 5.39. The van der Waals surface area contributed by atoms with Gasteiger partial charge in [0.15, 0.2) is 0 Å². The molecule has 3 rings (SSSR count). The van der Waals surface area contributed by atoms with Gasteiger partial charge in [0.05, 0.1) is 23.9 Å². The SMILES string of the molecule is Cc1ccc(C(=O)NC2CC2)cc1N1NCC(C#N)=C1N. The summed E-state index contributed by atoms with van der Waals surface area (Å²) in [5.74, 6) is 0.321. The monoisotopic (exact) mass is 283 g/mol. The fourth-order valence-electron chi connectivity index (χ4n) is 2.27. The van der Waals surface area contributed by atoms with Gasteiger partial charge in [-0.05, 0) is 37.5 Å². The lowest BCUT2D eigenvalue weighted by atomic mass is 10.1. The van der Waals surface area contributed by atoms with E-state index < -0.39 is 0 Å². The van der Waals surface area contributed by atoms with E-state index in [2.05, 4.69) is 16.8 Å². The molecule has 6 heteroatoms. The highest BCUT2D eigenvalue weighted by atomic mass is 16.1. The normalized spacial score (nSPS) is 17.8. The number of nitriles is 1. The van der Waals surface area contributed by atoms with Gasteiger partial charge in [0.25, 0.3) is 5.91 Å². The molecule has 0 spiro atoms. The molecule has 1 aromatic carbocycles. The number of anilines is 1. The maximum atomic E-state index is 12.1. The number of carbonyl (C=O) groups excluding carboxylic acids is 1. The van der Waals surface area contributed by atoms with Gasteiger partial charge in [0.1, 0.15) is 5.82 Å². The molecule has 1 aromatic rings. The number of hydrogen-bond acceptors (Lipinski definition) is 5. The summed E-state index contributed by atoms with van der Waals surface area (Å²) in [4.78, 5) is 12.1. The molecule has 2 aliphatic rings. The van der Waals surface area contributed by atoms with E-state index in [1.165, 1.54) is 0 Å². The van der Waals surface area contributed by atoms with Crippen LogP contribution in [0.1, 0.15) is 28.8 Å². The van der Waals surface area contributed by atoms with Gasteiger partial charge in [-0.15, -0.1) is 0 Å². The highest BCUT2D eigenvalue weighted by molar-refractivity contribution is 5.95. The number of hydrazine groups is 1. The van der Waals surface area contributed by atoms with E-state index in [0.717, 1.165) is 24.1 Å². The molecule has 1 amide bonds. The molecule has 0 saturated heterocycles. The van der Waals surface area contributed by atoms with Crippen LogP contribution in [-0.2, 0) is 0 Å². The van der Waals surface area contributed by atoms with Crippen LogP contribution in [0.2, 0.25) is 0 Å². The molecule has 0 bridgehead atoms. The summed E-state index contributed by atoms with van der Waals surface area (Å²) in [5.41, 5.74) is 11.9. The fraction of sp³-hybridized carbons (Fsp3) is 0.333. The molecule has 0 atom stereocenters. The quantitative estimate of drug-likeness (QED) is 0.766. The van der Waals surface area contributed by atoms with Gasteiger partial charge in [-0.1, -0.05) is 6.07 Å². The van der Waals surface area contributed by atoms with Crippen molar-refractivity contribution in [2.24, 2.45) is 5.73 Å². The zero-order valence-electron chi connectivity index (χ0n) is 11.8. The number of nitrogens with zero attached hydrogens (tertiary/aromatic N) is 2. The number of rotatable bonds is 3. The van der Waals surface area contributed by atoms with E-state index in [1.54, 1.807) is 17.1 Å². The van der Waals surface area contributed by atoms with Gasteiger partial charge in [-0.2, -0.15) is 5.26 Å². The Kier molecular flexibility index (Phi) is 3.28. The average molecular weight is 283 g/mol. The highest BCUT2D eigenvalue weighted by Gasteiger charge is 2.26. The second kappa shape index (κ2) is 5.11. The molecule has 21 heavy (non-hydrogen) atoms. The number of aryl methyl sites for hydroxylation is 1. The summed E-state index contributed by atoms with van der Waals surface area (Å²) in [6.45, 7) is 2.34. The second-order valence-corrected chi connectivity index (χ2v) is 5.39. The summed E-state index contributed by atoms with van der Waals surface area (Å²) in [5, 5.41) is 13.6. The molecular weight excluding hydrogens is 266 g/mol. The predicted octanol–water partition coefficient (Wildman–Crippen LogP) is 0.906. The lowest BCUT2D eigenvalue weighted by Crippen LogP contribution is -2.35. The summed E-state index contributed by atoms with van der Waals surface area (Å²) in [7, 11) is 0. The third kappa shape index (κ3) is 2.56. The van der Waals surface area contributed by atoms with Crippen molar-refractivity contribution in [3.8, 4) is 6.07 Å². The molecule has 108 valence electrons. The van der Waals surface area contributed by atoms with Crippen LogP contribution in [0.3, 0.4) is 0 Å². The van der Waals surface area contributed by atoms with Crippen molar-refractivity contribution in [3.63, 3.8) is 0 Å². The fourth-order valence-corrected chi connectivity index (χ4v) is 2.27. The number of hydrogen-bond donors (Lipinski definition) is 3. The van der Waals surface area contributed by atoms with Gasteiger partial charge in [-0.3, -0.25) is 9.80 Å². The molecule has 1 saturated carbocycles. The molecule has 1 aliphatic heterocycles. The minimum absolute atomic E-state index is 0.0685. The van der Waals surface area contributed by atoms with Gasteiger partial charge >= 0.3 is 0 Å².